The minimum absolute atomic E-state index is 0. The fraction of sp³-hybridized carbons (Fsp3) is 1.00. The molecule has 1 saturated heterocycles. The summed E-state index contributed by atoms with van der Waals surface area (Å²) < 4.78 is 0. The van der Waals surface area contributed by atoms with Gasteiger partial charge < -0.3 is 4.90 Å². The van der Waals surface area contributed by atoms with Crippen molar-refractivity contribution in [2.24, 2.45) is 5.92 Å². The lowest BCUT2D eigenvalue weighted by atomic mass is 10.00. The van der Waals surface area contributed by atoms with Crippen LogP contribution in [-0.4, -0.2) is 30.4 Å². The normalized spacial score (nSPS) is 22.2. The average Bonchev–Trinajstić information content (AvgIpc) is 1.90. The summed E-state index contributed by atoms with van der Waals surface area (Å²) in [6.45, 7) is 2.58. The molecule has 0 atom stereocenters. The van der Waals surface area contributed by atoms with Crippen LogP contribution in [-0.2, 0) is 0 Å². The molecule has 1 fully saturated rings. The van der Waals surface area contributed by atoms with Gasteiger partial charge in [-0.1, -0.05) is 15.9 Å². The first kappa shape index (κ1) is 10.9. The minimum atomic E-state index is 0. The maximum Gasteiger partial charge on any atom is 0.00606 e. The lowest BCUT2D eigenvalue weighted by molar-refractivity contribution is 0.233. The Morgan fingerprint density at radius 3 is 2.30 bits per heavy atom. The molecule has 0 amide bonds. The van der Waals surface area contributed by atoms with Gasteiger partial charge in [-0.05, 0) is 38.9 Å². The molecule has 0 spiro atoms. The Hall–Kier alpha value is 0.920. The summed E-state index contributed by atoms with van der Waals surface area (Å²) in [7, 11) is 2.20. The van der Waals surface area contributed by atoms with Crippen molar-refractivity contribution in [2.75, 3.05) is 25.5 Å². The van der Waals surface area contributed by atoms with Crippen molar-refractivity contribution in [3.63, 3.8) is 0 Å². The van der Waals surface area contributed by atoms with E-state index >= 15 is 0 Å². The van der Waals surface area contributed by atoms with Crippen molar-refractivity contribution in [3.05, 3.63) is 0 Å². The van der Waals surface area contributed by atoms with Crippen LogP contribution in [0.4, 0.5) is 0 Å². The second kappa shape index (κ2) is 5.56. The van der Waals surface area contributed by atoms with Gasteiger partial charge >= 0.3 is 0 Å². The molecule has 1 rings (SSSR count). The summed E-state index contributed by atoms with van der Waals surface area (Å²) in [6, 6.07) is 0. The molecular formula is C7H15Br2N. The van der Waals surface area contributed by atoms with Gasteiger partial charge in [0.25, 0.3) is 0 Å². The average molecular weight is 273 g/mol. The van der Waals surface area contributed by atoms with E-state index in [1.54, 1.807) is 0 Å². The van der Waals surface area contributed by atoms with Crippen LogP contribution in [0.5, 0.6) is 0 Å². The monoisotopic (exact) mass is 271 g/mol. The fourth-order valence-electron chi connectivity index (χ4n) is 1.22. The molecule has 0 saturated carbocycles. The van der Waals surface area contributed by atoms with Gasteiger partial charge in [0.15, 0.2) is 0 Å². The molecule has 0 aromatic heterocycles. The number of piperidine rings is 1. The number of hydrogen-bond donors (Lipinski definition) is 0. The smallest absolute Gasteiger partial charge is 0.00606 e. The highest BCUT2D eigenvalue weighted by Gasteiger charge is 2.14. The van der Waals surface area contributed by atoms with Crippen molar-refractivity contribution in [1.82, 2.24) is 4.90 Å². The van der Waals surface area contributed by atoms with Crippen LogP contribution in [0.15, 0.2) is 0 Å². The zero-order chi connectivity index (χ0) is 6.69. The van der Waals surface area contributed by atoms with Crippen LogP contribution in [0.1, 0.15) is 12.8 Å². The first-order chi connectivity index (χ1) is 4.33. The molecule has 10 heavy (non-hydrogen) atoms. The fourth-order valence-corrected chi connectivity index (χ4v) is 1.86. The predicted molar refractivity (Wildman–Crippen MR) is 54.3 cm³/mol. The van der Waals surface area contributed by atoms with Gasteiger partial charge in [0, 0.05) is 5.33 Å². The van der Waals surface area contributed by atoms with Crippen LogP contribution in [0.25, 0.3) is 0 Å². The van der Waals surface area contributed by atoms with E-state index in [0.717, 1.165) is 5.92 Å². The molecule has 1 aliphatic rings. The zero-order valence-corrected chi connectivity index (χ0v) is 9.65. The van der Waals surface area contributed by atoms with E-state index in [4.69, 9.17) is 0 Å². The largest absolute Gasteiger partial charge is 0.306 e. The molecule has 1 nitrogen and oxygen atoms in total. The first-order valence-corrected chi connectivity index (χ1v) is 4.69. The summed E-state index contributed by atoms with van der Waals surface area (Å²) in [5.74, 6) is 0.946. The van der Waals surface area contributed by atoms with Gasteiger partial charge in [-0.3, -0.25) is 0 Å². The van der Waals surface area contributed by atoms with E-state index in [2.05, 4.69) is 27.9 Å². The molecule has 0 aromatic rings. The third-order valence-electron chi connectivity index (χ3n) is 2.06. The molecule has 3 heteroatoms. The molecule has 0 N–H and O–H groups in total. The standard InChI is InChI=1S/C7H14BrN.BrH/c1-9-4-2-7(6-8)3-5-9;/h7H,2-6H2,1H3;1H. The molecule has 0 radical (unpaired) electrons. The van der Waals surface area contributed by atoms with Gasteiger partial charge in [-0.25, -0.2) is 0 Å². The molecule has 0 aliphatic carbocycles. The Balaban J connectivity index is 0.000000810. The highest BCUT2D eigenvalue weighted by molar-refractivity contribution is 9.09. The Bertz CT molecular complexity index is 79.7. The number of halogens is 2. The third kappa shape index (κ3) is 3.35. The summed E-state index contributed by atoms with van der Waals surface area (Å²) in [4.78, 5) is 2.40. The van der Waals surface area contributed by atoms with Gasteiger partial charge in [-0.15, -0.1) is 17.0 Å². The second-order valence-electron chi connectivity index (χ2n) is 2.90. The summed E-state index contributed by atoms with van der Waals surface area (Å²) >= 11 is 3.51. The lowest BCUT2D eigenvalue weighted by Gasteiger charge is -2.27. The SMILES string of the molecule is Br.CN1CCC(CBr)CC1. The number of alkyl halides is 1. The Labute approximate surface area is 82.1 Å². The molecule has 0 aromatic carbocycles. The Morgan fingerprint density at radius 1 is 1.40 bits per heavy atom. The van der Waals surface area contributed by atoms with E-state index in [0.29, 0.717) is 0 Å². The summed E-state index contributed by atoms with van der Waals surface area (Å²) in [6.07, 6.45) is 2.75. The second-order valence-corrected chi connectivity index (χ2v) is 3.55. The van der Waals surface area contributed by atoms with Gasteiger partial charge in [0.2, 0.25) is 0 Å². The van der Waals surface area contributed by atoms with Gasteiger partial charge in [0.1, 0.15) is 0 Å². The van der Waals surface area contributed by atoms with Crippen molar-refractivity contribution >= 4 is 32.9 Å². The van der Waals surface area contributed by atoms with Crippen LogP contribution < -0.4 is 0 Å². The Morgan fingerprint density at radius 2 is 1.90 bits per heavy atom. The van der Waals surface area contributed by atoms with E-state index < -0.39 is 0 Å². The Kier molecular flexibility index (Phi) is 6.07. The molecule has 0 unspecified atom stereocenters. The maximum absolute atomic E-state index is 3.51. The molecular weight excluding hydrogens is 258 g/mol. The van der Waals surface area contributed by atoms with Crippen molar-refractivity contribution in [1.29, 1.82) is 0 Å². The summed E-state index contributed by atoms with van der Waals surface area (Å²) in [5, 5.41) is 1.20. The minimum Gasteiger partial charge on any atom is -0.306 e. The highest BCUT2D eigenvalue weighted by atomic mass is 79.9. The van der Waals surface area contributed by atoms with Gasteiger partial charge in [0.05, 0.1) is 0 Å². The first-order valence-electron chi connectivity index (χ1n) is 3.57. The highest BCUT2D eigenvalue weighted by Crippen LogP contribution is 2.17. The number of likely N-dealkylation sites (tertiary alicyclic amines) is 1. The molecule has 1 aliphatic heterocycles. The van der Waals surface area contributed by atoms with E-state index in [1.807, 2.05) is 0 Å². The molecule has 1 heterocycles. The number of nitrogens with zero attached hydrogens (tertiary/aromatic N) is 1. The van der Waals surface area contributed by atoms with E-state index in [9.17, 15) is 0 Å². The van der Waals surface area contributed by atoms with Crippen LogP contribution in [0.2, 0.25) is 0 Å². The molecule has 0 bridgehead atoms. The van der Waals surface area contributed by atoms with Crippen molar-refractivity contribution in [2.45, 2.75) is 12.8 Å². The summed E-state index contributed by atoms with van der Waals surface area (Å²) in [5.41, 5.74) is 0. The topological polar surface area (TPSA) is 3.24 Å². The quantitative estimate of drug-likeness (QED) is 0.662. The van der Waals surface area contributed by atoms with Crippen molar-refractivity contribution < 1.29 is 0 Å². The molecule has 62 valence electrons. The van der Waals surface area contributed by atoms with Gasteiger partial charge in [-0.2, -0.15) is 0 Å². The van der Waals surface area contributed by atoms with Crippen LogP contribution in [0.3, 0.4) is 0 Å². The van der Waals surface area contributed by atoms with Crippen LogP contribution in [0, 0.1) is 5.92 Å². The van der Waals surface area contributed by atoms with Crippen LogP contribution >= 0.6 is 32.9 Å². The lowest BCUT2D eigenvalue weighted by Crippen LogP contribution is -2.30. The van der Waals surface area contributed by atoms with E-state index in [1.165, 1.54) is 31.3 Å². The number of rotatable bonds is 1. The van der Waals surface area contributed by atoms with E-state index in [-0.39, 0.29) is 17.0 Å². The zero-order valence-electron chi connectivity index (χ0n) is 6.35. The third-order valence-corrected chi connectivity index (χ3v) is 2.97. The predicted octanol–water partition coefficient (Wildman–Crippen LogP) is 2.30. The number of hydrogen-bond acceptors (Lipinski definition) is 1. The maximum atomic E-state index is 3.51. The van der Waals surface area contributed by atoms with Crippen molar-refractivity contribution in [3.8, 4) is 0 Å².